The van der Waals surface area contributed by atoms with Crippen LogP contribution in [0.4, 0.5) is 0 Å². The van der Waals surface area contributed by atoms with Crippen LogP contribution in [0.5, 0.6) is 0 Å². The summed E-state index contributed by atoms with van der Waals surface area (Å²) in [4.78, 5) is 15.3. The summed E-state index contributed by atoms with van der Waals surface area (Å²) >= 11 is 0. The molecule has 23 heavy (non-hydrogen) atoms. The number of likely N-dealkylation sites (tertiary alicyclic amines) is 1. The Hall–Kier alpha value is -1.32. The summed E-state index contributed by atoms with van der Waals surface area (Å²) in [5, 5.41) is 4.65. The first-order valence-electron chi connectivity index (χ1n) is 9.26. The number of hydrogen-bond donors (Lipinski definition) is 0. The third kappa shape index (κ3) is 3.31. The molecule has 0 spiro atoms. The molecule has 1 amide bonds. The Morgan fingerprint density at radius 2 is 1.78 bits per heavy atom. The van der Waals surface area contributed by atoms with E-state index in [1.54, 1.807) is 0 Å². The van der Waals surface area contributed by atoms with Crippen molar-refractivity contribution >= 4 is 5.91 Å². The Kier molecular flexibility index (Phi) is 4.52. The van der Waals surface area contributed by atoms with Gasteiger partial charge in [0.15, 0.2) is 5.69 Å². The van der Waals surface area contributed by atoms with E-state index in [-0.39, 0.29) is 11.4 Å². The maximum absolute atomic E-state index is 13.1. The van der Waals surface area contributed by atoms with Crippen molar-refractivity contribution in [2.45, 2.75) is 84.2 Å². The van der Waals surface area contributed by atoms with Crippen LogP contribution >= 0.6 is 0 Å². The normalized spacial score (nSPS) is 25.8. The Labute approximate surface area is 140 Å². The number of fused-ring (bicyclic) bond motifs is 1. The Morgan fingerprint density at radius 1 is 1.13 bits per heavy atom. The summed E-state index contributed by atoms with van der Waals surface area (Å²) < 4.78 is 1.98. The van der Waals surface area contributed by atoms with Gasteiger partial charge in [0.2, 0.25) is 0 Å². The van der Waals surface area contributed by atoms with Crippen molar-refractivity contribution < 1.29 is 4.79 Å². The highest BCUT2D eigenvalue weighted by Gasteiger charge is 2.35. The van der Waals surface area contributed by atoms with Crippen molar-refractivity contribution in [2.24, 2.45) is 5.92 Å². The highest BCUT2D eigenvalue weighted by molar-refractivity contribution is 5.92. The number of rotatable bonds is 1. The molecule has 0 aromatic carbocycles. The van der Waals surface area contributed by atoms with Gasteiger partial charge in [-0.1, -0.05) is 19.3 Å². The Morgan fingerprint density at radius 3 is 2.43 bits per heavy atom. The molecule has 128 valence electrons. The van der Waals surface area contributed by atoms with Crippen LogP contribution in [0, 0.1) is 12.8 Å². The smallest absolute Gasteiger partial charge is 0.274 e. The molecule has 2 fully saturated rings. The zero-order valence-electron chi connectivity index (χ0n) is 15.1. The monoisotopic (exact) mass is 317 g/mol. The summed E-state index contributed by atoms with van der Waals surface area (Å²) in [5.74, 6) is 0.857. The van der Waals surface area contributed by atoms with E-state index in [0.717, 1.165) is 18.7 Å². The van der Waals surface area contributed by atoms with Crippen molar-refractivity contribution in [1.29, 1.82) is 0 Å². The second-order valence-electron chi connectivity index (χ2n) is 8.36. The fourth-order valence-electron chi connectivity index (χ4n) is 4.45. The zero-order chi connectivity index (χ0) is 16.6. The van der Waals surface area contributed by atoms with Crippen molar-refractivity contribution in [3.8, 4) is 0 Å². The van der Waals surface area contributed by atoms with Gasteiger partial charge in [0.25, 0.3) is 5.91 Å². The van der Waals surface area contributed by atoms with E-state index >= 15 is 0 Å². The topological polar surface area (TPSA) is 38.1 Å². The zero-order valence-corrected chi connectivity index (χ0v) is 15.1. The molecule has 1 aliphatic carbocycles. The molecule has 0 radical (unpaired) electrons. The summed E-state index contributed by atoms with van der Waals surface area (Å²) in [6, 6.07) is 2.41. The lowest BCUT2D eigenvalue weighted by atomic mass is 9.81. The highest BCUT2D eigenvalue weighted by Crippen LogP contribution is 2.35. The number of amides is 1. The van der Waals surface area contributed by atoms with Crippen molar-refractivity contribution in [1.82, 2.24) is 14.7 Å². The van der Waals surface area contributed by atoms with Crippen molar-refractivity contribution in [3.05, 3.63) is 17.5 Å². The van der Waals surface area contributed by atoms with Gasteiger partial charge < -0.3 is 4.90 Å². The molecule has 4 heteroatoms. The van der Waals surface area contributed by atoms with E-state index in [0.29, 0.717) is 17.7 Å². The van der Waals surface area contributed by atoms with Crippen LogP contribution in [0.25, 0.3) is 0 Å². The quantitative estimate of drug-likeness (QED) is 0.781. The van der Waals surface area contributed by atoms with E-state index in [9.17, 15) is 4.79 Å². The molecule has 0 unspecified atom stereocenters. The van der Waals surface area contributed by atoms with Gasteiger partial charge in [-0.3, -0.25) is 9.48 Å². The Balaban J connectivity index is 1.86. The fraction of sp³-hybridized carbons (Fsp3) is 0.789. The van der Waals surface area contributed by atoms with Crippen molar-refractivity contribution in [3.63, 3.8) is 0 Å². The number of aryl methyl sites for hydroxylation is 1. The van der Waals surface area contributed by atoms with E-state index in [4.69, 9.17) is 0 Å². The molecule has 1 aromatic rings. The van der Waals surface area contributed by atoms with Gasteiger partial charge in [0.1, 0.15) is 0 Å². The summed E-state index contributed by atoms with van der Waals surface area (Å²) in [5.41, 5.74) is 1.61. The van der Waals surface area contributed by atoms with Gasteiger partial charge >= 0.3 is 0 Å². The predicted molar refractivity (Wildman–Crippen MR) is 92.6 cm³/mol. The minimum Gasteiger partial charge on any atom is -0.334 e. The van der Waals surface area contributed by atoms with Gasteiger partial charge in [-0.05, 0) is 65.4 Å². The SMILES string of the molecule is Cc1cc(C(=O)N2CCCC[C@@H]3CCCC[C@H]32)nn1C(C)(C)C. The molecule has 3 rings (SSSR count). The maximum Gasteiger partial charge on any atom is 0.274 e. The number of nitrogens with zero attached hydrogens (tertiary/aromatic N) is 3. The lowest BCUT2D eigenvalue weighted by Crippen LogP contribution is -2.45. The number of aromatic nitrogens is 2. The molecule has 1 saturated carbocycles. The summed E-state index contributed by atoms with van der Waals surface area (Å²) in [6.07, 6.45) is 8.77. The van der Waals surface area contributed by atoms with Crippen LogP contribution in [0.15, 0.2) is 6.07 Å². The van der Waals surface area contributed by atoms with Crippen LogP contribution in [-0.4, -0.2) is 33.2 Å². The van der Waals surface area contributed by atoms with E-state index < -0.39 is 0 Å². The predicted octanol–water partition coefficient (Wildman–Crippen LogP) is 4.13. The van der Waals surface area contributed by atoms with Gasteiger partial charge in [0.05, 0.1) is 5.54 Å². The number of carbonyl (C=O) groups is 1. The first kappa shape index (κ1) is 16.5. The largest absolute Gasteiger partial charge is 0.334 e. The third-order valence-corrected chi connectivity index (χ3v) is 5.50. The first-order valence-corrected chi connectivity index (χ1v) is 9.26. The average Bonchev–Trinajstić information content (AvgIpc) is 2.77. The van der Waals surface area contributed by atoms with Crippen LogP contribution in [-0.2, 0) is 5.54 Å². The second-order valence-corrected chi connectivity index (χ2v) is 8.36. The standard InChI is InChI=1S/C19H31N3O/c1-14-13-16(20-22(14)19(2,3)4)18(23)21-12-8-7-10-15-9-5-6-11-17(15)21/h13,15,17H,5-12H2,1-4H3/t15-,17+/m0/s1. The maximum atomic E-state index is 13.1. The van der Waals surface area contributed by atoms with E-state index in [1.165, 1.54) is 38.5 Å². The van der Waals surface area contributed by atoms with Gasteiger partial charge in [-0.15, -0.1) is 0 Å². The molecule has 0 N–H and O–H groups in total. The number of carbonyl (C=O) groups excluding carboxylic acids is 1. The molecular weight excluding hydrogens is 286 g/mol. The van der Waals surface area contributed by atoms with E-state index in [2.05, 4.69) is 30.8 Å². The molecule has 2 aliphatic rings. The van der Waals surface area contributed by atoms with Gasteiger partial charge in [-0.25, -0.2) is 0 Å². The molecule has 4 nitrogen and oxygen atoms in total. The first-order chi connectivity index (χ1) is 10.9. The van der Waals surface area contributed by atoms with Crippen LogP contribution in [0.2, 0.25) is 0 Å². The van der Waals surface area contributed by atoms with Gasteiger partial charge in [-0.2, -0.15) is 5.10 Å². The Bertz CT molecular complexity index is 570. The average molecular weight is 317 g/mol. The van der Waals surface area contributed by atoms with Crippen LogP contribution in [0.3, 0.4) is 0 Å². The minimum atomic E-state index is -0.0885. The van der Waals surface area contributed by atoms with Crippen LogP contribution < -0.4 is 0 Å². The molecule has 2 heterocycles. The van der Waals surface area contributed by atoms with Crippen molar-refractivity contribution in [2.75, 3.05) is 6.54 Å². The summed E-state index contributed by atoms with van der Waals surface area (Å²) in [6.45, 7) is 9.33. The van der Waals surface area contributed by atoms with E-state index in [1.807, 2.05) is 17.7 Å². The lowest BCUT2D eigenvalue weighted by Gasteiger charge is -2.38. The molecule has 2 atom stereocenters. The molecule has 0 bridgehead atoms. The van der Waals surface area contributed by atoms with Crippen LogP contribution in [0.1, 0.15) is 81.9 Å². The highest BCUT2D eigenvalue weighted by atomic mass is 16.2. The summed E-state index contributed by atoms with van der Waals surface area (Å²) in [7, 11) is 0. The lowest BCUT2D eigenvalue weighted by molar-refractivity contribution is 0.0561. The number of hydrogen-bond acceptors (Lipinski definition) is 2. The molecule has 1 aliphatic heterocycles. The second kappa shape index (κ2) is 6.29. The molecule has 1 aromatic heterocycles. The molecule has 1 saturated heterocycles. The minimum absolute atomic E-state index is 0.0885. The third-order valence-electron chi connectivity index (χ3n) is 5.50. The van der Waals surface area contributed by atoms with Gasteiger partial charge in [0, 0.05) is 18.3 Å². The fourth-order valence-corrected chi connectivity index (χ4v) is 4.45. The molecular formula is C19H31N3O.